The van der Waals surface area contributed by atoms with Crippen LogP contribution < -0.4 is 5.73 Å². The third-order valence-corrected chi connectivity index (χ3v) is 2.93. The number of hydrogen-bond donors (Lipinski definition) is 1. The molecule has 2 aromatic rings. The standard InChI is InChI=1S/C11H8Cl3NO/c12-6-3-8(13)11(9(14)4-6)10-2-1-7(5-15)16-10/h1-4H,5,15H2. The van der Waals surface area contributed by atoms with Gasteiger partial charge in [-0.15, -0.1) is 0 Å². The van der Waals surface area contributed by atoms with E-state index in [1.54, 1.807) is 24.3 Å². The van der Waals surface area contributed by atoms with E-state index in [-0.39, 0.29) is 0 Å². The van der Waals surface area contributed by atoms with Crippen molar-refractivity contribution >= 4 is 34.8 Å². The topological polar surface area (TPSA) is 39.2 Å². The smallest absolute Gasteiger partial charge is 0.137 e. The van der Waals surface area contributed by atoms with Crippen LogP contribution >= 0.6 is 34.8 Å². The van der Waals surface area contributed by atoms with Crippen molar-refractivity contribution in [1.82, 2.24) is 0 Å². The van der Waals surface area contributed by atoms with Gasteiger partial charge in [-0.05, 0) is 24.3 Å². The number of halogens is 3. The van der Waals surface area contributed by atoms with Crippen molar-refractivity contribution in [2.75, 3.05) is 0 Å². The summed E-state index contributed by atoms with van der Waals surface area (Å²) in [5, 5.41) is 1.40. The highest BCUT2D eigenvalue weighted by Gasteiger charge is 2.13. The Morgan fingerprint density at radius 3 is 2.19 bits per heavy atom. The largest absolute Gasteiger partial charge is 0.460 e. The fourth-order valence-corrected chi connectivity index (χ4v) is 2.40. The van der Waals surface area contributed by atoms with E-state index < -0.39 is 0 Å². The first-order valence-corrected chi connectivity index (χ1v) is 5.69. The highest BCUT2D eigenvalue weighted by molar-refractivity contribution is 6.41. The van der Waals surface area contributed by atoms with E-state index in [0.717, 1.165) is 0 Å². The lowest BCUT2D eigenvalue weighted by Crippen LogP contribution is -1.92. The highest BCUT2D eigenvalue weighted by atomic mass is 35.5. The van der Waals surface area contributed by atoms with Crippen molar-refractivity contribution in [3.8, 4) is 11.3 Å². The van der Waals surface area contributed by atoms with E-state index in [2.05, 4.69) is 0 Å². The van der Waals surface area contributed by atoms with Gasteiger partial charge in [-0.25, -0.2) is 0 Å². The van der Waals surface area contributed by atoms with Crippen LogP contribution in [0.15, 0.2) is 28.7 Å². The fourth-order valence-electron chi connectivity index (χ4n) is 1.40. The van der Waals surface area contributed by atoms with Crippen LogP contribution in [0.4, 0.5) is 0 Å². The molecular weight excluding hydrogens is 268 g/mol. The minimum atomic E-state index is 0.336. The molecule has 2 nitrogen and oxygen atoms in total. The average Bonchev–Trinajstić information content (AvgIpc) is 2.64. The average molecular weight is 277 g/mol. The first kappa shape index (κ1) is 11.8. The van der Waals surface area contributed by atoms with Crippen molar-refractivity contribution in [1.29, 1.82) is 0 Å². The molecule has 0 atom stereocenters. The monoisotopic (exact) mass is 275 g/mol. The summed E-state index contributed by atoms with van der Waals surface area (Å²) in [6, 6.07) is 6.81. The highest BCUT2D eigenvalue weighted by Crippen LogP contribution is 2.37. The number of rotatable bonds is 2. The summed E-state index contributed by atoms with van der Waals surface area (Å²) in [7, 11) is 0. The zero-order valence-electron chi connectivity index (χ0n) is 8.14. The third-order valence-electron chi connectivity index (χ3n) is 2.12. The normalized spacial score (nSPS) is 10.8. The second-order valence-corrected chi connectivity index (χ2v) is 4.47. The van der Waals surface area contributed by atoms with Crippen LogP contribution in [-0.4, -0.2) is 0 Å². The Kier molecular flexibility index (Phi) is 3.45. The maximum absolute atomic E-state index is 6.06. The van der Waals surface area contributed by atoms with Gasteiger partial charge in [-0.1, -0.05) is 34.8 Å². The van der Waals surface area contributed by atoms with Gasteiger partial charge in [0, 0.05) is 5.02 Å². The molecule has 0 aliphatic carbocycles. The molecule has 84 valence electrons. The molecule has 16 heavy (non-hydrogen) atoms. The summed E-state index contributed by atoms with van der Waals surface area (Å²) >= 11 is 17.9. The van der Waals surface area contributed by atoms with Gasteiger partial charge in [-0.3, -0.25) is 0 Å². The zero-order chi connectivity index (χ0) is 11.7. The Balaban J connectivity index is 2.55. The minimum absolute atomic E-state index is 0.336. The maximum Gasteiger partial charge on any atom is 0.137 e. The molecule has 2 rings (SSSR count). The van der Waals surface area contributed by atoms with Crippen molar-refractivity contribution in [3.05, 3.63) is 45.1 Å². The zero-order valence-corrected chi connectivity index (χ0v) is 10.4. The first-order chi connectivity index (χ1) is 7.61. The molecule has 1 heterocycles. The summed E-state index contributed by atoms with van der Waals surface area (Å²) in [5.41, 5.74) is 6.09. The van der Waals surface area contributed by atoms with Crippen LogP contribution in [0.3, 0.4) is 0 Å². The van der Waals surface area contributed by atoms with Crippen molar-refractivity contribution in [2.45, 2.75) is 6.54 Å². The van der Waals surface area contributed by atoms with Gasteiger partial charge >= 0.3 is 0 Å². The molecule has 0 saturated carbocycles. The van der Waals surface area contributed by atoms with E-state index in [4.69, 9.17) is 45.0 Å². The predicted octanol–water partition coefficient (Wildman–Crippen LogP) is 4.37. The van der Waals surface area contributed by atoms with E-state index in [1.165, 1.54) is 0 Å². The van der Waals surface area contributed by atoms with Crippen LogP contribution in [-0.2, 0) is 6.54 Å². The third kappa shape index (κ3) is 2.20. The van der Waals surface area contributed by atoms with Crippen molar-refractivity contribution in [3.63, 3.8) is 0 Å². The van der Waals surface area contributed by atoms with Crippen LogP contribution in [0, 0.1) is 0 Å². The summed E-state index contributed by atoms with van der Waals surface area (Å²) in [5.74, 6) is 1.27. The Labute approximate surface area is 108 Å². The van der Waals surface area contributed by atoms with E-state index in [1.807, 2.05) is 0 Å². The molecule has 2 N–H and O–H groups in total. The van der Waals surface area contributed by atoms with Crippen molar-refractivity contribution < 1.29 is 4.42 Å². The quantitative estimate of drug-likeness (QED) is 0.885. The van der Waals surface area contributed by atoms with E-state index in [0.29, 0.717) is 38.7 Å². The summed E-state index contributed by atoms with van der Waals surface area (Å²) in [4.78, 5) is 0. The summed E-state index contributed by atoms with van der Waals surface area (Å²) < 4.78 is 5.48. The molecule has 0 radical (unpaired) electrons. The SMILES string of the molecule is NCc1ccc(-c2c(Cl)cc(Cl)cc2Cl)o1. The fraction of sp³-hybridized carbons (Fsp3) is 0.0909. The Morgan fingerprint density at radius 1 is 1.06 bits per heavy atom. The molecule has 5 heteroatoms. The van der Waals surface area contributed by atoms with Crippen molar-refractivity contribution in [2.24, 2.45) is 5.73 Å². The lowest BCUT2D eigenvalue weighted by atomic mass is 10.2. The number of benzene rings is 1. The van der Waals surface area contributed by atoms with Crippen LogP contribution in [0.25, 0.3) is 11.3 Å². The molecule has 0 aliphatic heterocycles. The Morgan fingerprint density at radius 2 is 1.69 bits per heavy atom. The minimum Gasteiger partial charge on any atom is -0.460 e. The van der Waals surface area contributed by atoms with Crippen LogP contribution in [0.1, 0.15) is 5.76 Å². The van der Waals surface area contributed by atoms with Gasteiger partial charge < -0.3 is 10.2 Å². The Hall–Kier alpha value is -0.670. The number of hydrogen-bond acceptors (Lipinski definition) is 2. The molecule has 1 aromatic heterocycles. The molecule has 0 saturated heterocycles. The first-order valence-electron chi connectivity index (χ1n) is 4.55. The second-order valence-electron chi connectivity index (χ2n) is 3.21. The lowest BCUT2D eigenvalue weighted by molar-refractivity contribution is 0.525. The maximum atomic E-state index is 6.06. The van der Waals surface area contributed by atoms with Gasteiger partial charge in [0.1, 0.15) is 11.5 Å². The molecular formula is C11H8Cl3NO. The van der Waals surface area contributed by atoms with Gasteiger partial charge in [0.2, 0.25) is 0 Å². The Bertz CT molecular complexity index is 499. The predicted molar refractivity (Wildman–Crippen MR) is 67.1 cm³/mol. The molecule has 0 bridgehead atoms. The number of nitrogens with two attached hydrogens (primary N) is 1. The second kappa shape index (κ2) is 4.68. The van der Waals surface area contributed by atoms with Gasteiger partial charge in [0.15, 0.2) is 0 Å². The molecule has 1 aromatic carbocycles. The molecule has 0 unspecified atom stereocenters. The molecule has 0 aliphatic rings. The molecule has 0 spiro atoms. The van der Waals surface area contributed by atoms with Crippen LogP contribution in [0.2, 0.25) is 15.1 Å². The van der Waals surface area contributed by atoms with Crippen LogP contribution in [0.5, 0.6) is 0 Å². The number of furan rings is 1. The summed E-state index contributed by atoms with van der Waals surface area (Å²) in [6.45, 7) is 0.336. The van der Waals surface area contributed by atoms with E-state index >= 15 is 0 Å². The van der Waals surface area contributed by atoms with Gasteiger partial charge in [0.05, 0.1) is 22.2 Å². The lowest BCUT2D eigenvalue weighted by Gasteiger charge is -2.04. The van der Waals surface area contributed by atoms with Gasteiger partial charge in [-0.2, -0.15) is 0 Å². The molecule has 0 fully saturated rings. The molecule has 0 amide bonds. The van der Waals surface area contributed by atoms with Gasteiger partial charge in [0.25, 0.3) is 0 Å². The van der Waals surface area contributed by atoms with E-state index in [9.17, 15) is 0 Å². The summed E-state index contributed by atoms with van der Waals surface area (Å²) in [6.07, 6.45) is 0.